The molecule has 178 valence electrons. The fourth-order valence-corrected chi connectivity index (χ4v) is 4.24. The topological polar surface area (TPSA) is 50.9 Å². The van der Waals surface area contributed by atoms with Crippen LogP contribution in [0.1, 0.15) is 12.0 Å². The van der Waals surface area contributed by atoms with E-state index in [-0.39, 0.29) is 6.03 Å². The Balaban J connectivity index is 1.18. The van der Waals surface area contributed by atoms with E-state index < -0.39 is 0 Å². The van der Waals surface area contributed by atoms with Gasteiger partial charge in [-0.2, -0.15) is 0 Å². The quantitative estimate of drug-likeness (QED) is 0.344. The number of hydrogen-bond acceptors (Lipinski definition) is 4. The molecule has 1 heterocycles. The molecule has 1 aliphatic heterocycles. The lowest BCUT2D eigenvalue weighted by atomic mass is 10.2. The summed E-state index contributed by atoms with van der Waals surface area (Å²) in [4.78, 5) is 17.4. The molecule has 0 spiro atoms. The Morgan fingerprint density at radius 1 is 0.853 bits per heavy atom. The third kappa shape index (κ3) is 7.14. The Morgan fingerprint density at radius 2 is 1.50 bits per heavy atom. The molecule has 0 aromatic heterocycles. The van der Waals surface area contributed by atoms with Gasteiger partial charge in [0.05, 0.1) is 12.2 Å². The highest BCUT2D eigenvalue weighted by atomic mass is 35.5. The van der Waals surface area contributed by atoms with Gasteiger partial charge in [-0.1, -0.05) is 60.1 Å². The first-order valence-electron chi connectivity index (χ1n) is 11.8. The molecule has 0 atom stereocenters. The number of hydrazine groups is 1. The number of carbonyl (C=O) groups excluding carboxylic acids is 1. The number of amides is 2. The zero-order valence-electron chi connectivity index (χ0n) is 19.4. The van der Waals surface area contributed by atoms with Crippen molar-refractivity contribution in [1.82, 2.24) is 15.6 Å². The molecule has 2 N–H and O–H groups in total. The Morgan fingerprint density at radius 3 is 2.18 bits per heavy atom. The van der Waals surface area contributed by atoms with Gasteiger partial charge in [0.15, 0.2) is 0 Å². The second-order valence-electron chi connectivity index (χ2n) is 8.43. The van der Waals surface area contributed by atoms with Gasteiger partial charge < -0.3 is 10.2 Å². The van der Waals surface area contributed by atoms with Crippen LogP contribution in [0.2, 0.25) is 5.02 Å². The van der Waals surface area contributed by atoms with Crippen LogP contribution < -0.4 is 20.7 Å². The fraction of sp³-hybridized carbons (Fsp3) is 0.296. The van der Waals surface area contributed by atoms with Crippen molar-refractivity contribution in [3.63, 3.8) is 0 Å². The first kappa shape index (κ1) is 23.9. The first-order valence-corrected chi connectivity index (χ1v) is 12.2. The van der Waals surface area contributed by atoms with Crippen molar-refractivity contribution in [3.8, 4) is 0 Å². The van der Waals surface area contributed by atoms with E-state index >= 15 is 0 Å². The number of piperazine rings is 1. The van der Waals surface area contributed by atoms with Crippen LogP contribution in [0.5, 0.6) is 0 Å². The van der Waals surface area contributed by atoms with Crippen LogP contribution in [0, 0.1) is 0 Å². The summed E-state index contributed by atoms with van der Waals surface area (Å²) in [6.07, 6.45) is 0.915. The van der Waals surface area contributed by atoms with Crippen molar-refractivity contribution in [2.24, 2.45) is 0 Å². The highest BCUT2D eigenvalue weighted by Crippen LogP contribution is 2.19. The highest BCUT2D eigenvalue weighted by molar-refractivity contribution is 6.30. The van der Waals surface area contributed by atoms with Gasteiger partial charge in [0.1, 0.15) is 0 Å². The summed E-state index contributed by atoms with van der Waals surface area (Å²) in [6.45, 7) is 6.25. The molecular formula is C27H32ClN5O. The Kier molecular flexibility index (Phi) is 8.65. The van der Waals surface area contributed by atoms with E-state index in [9.17, 15) is 4.79 Å². The number of para-hydroxylation sites is 1. The third-order valence-corrected chi connectivity index (χ3v) is 6.24. The van der Waals surface area contributed by atoms with Crippen LogP contribution >= 0.6 is 11.6 Å². The SMILES string of the molecule is O=C(NCCCN1CCN(c2ccc(Cl)cc2)CC1)NN(Cc1ccccc1)c1ccccc1. The van der Waals surface area contributed by atoms with Crippen molar-refractivity contribution in [1.29, 1.82) is 0 Å². The predicted octanol–water partition coefficient (Wildman–Crippen LogP) is 4.77. The van der Waals surface area contributed by atoms with Gasteiger partial charge in [0.2, 0.25) is 0 Å². The Labute approximate surface area is 207 Å². The number of nitrogens with one attached hydrogen (secondary N) is 2. The number of anilines is 2. The van der Waals surface area contributed by atoms with Crippen LogP contribution in [0.4, 0.5) is 16.2 Å². The lowest BCUT2D eigenvalue weighted by Gasteiger charge is -2.36. The molecule has 4 rings (SSSR count). The number of nitrogens with zero attached hydrogens (tertiary/aromatic N) is 3. The van der Waals surface area contributed by atoms with Gasteiger partial charge in [-0.15, -0.1) is 0 Å². The van der Waals surface area contributed by atoms with E-state index in [1.807, 2.05) is 65.7 Å². The van der Waals surface area contributed by atoms with E-state index in [0.29, 0.717) is 13.1 Å². The summed E-state index contributed by atoms with van der Waals surface area (Å²) in [6, 6.07) is 27.9. The lowest BCUT2D eigenvalue weighted by Crippen LogP contribution is -2.48. The molecule has 6 nitrogen and oxygen atoms in total. The fourth-order valence-electron chi connectivity index (χ4n) is 4.12. The summed E-state index contributed by atoms with van der Waals surface area (Å²) in [5.41, 5.74) is 6.30. The molecule has 34 heavy (non-hydrogen) atoms. The minimum Gasteiger partial charge on any atom is -0.369 e. The number of benzene rings is 3. The molecule has 0 radical (unpaired) electrons. The molecule has 1 aliphatic rings. The van der Waals surface area contributed by atoms with E-state index in [1.165, 1.54) is 5.69 Å². The number of halogens is 1. The molecule has 1 fully saturated rings. The lowest BCUT2D eigenvalue weighted by molar-refractivity contribution is 0.235. The van der Waals surface area contributed by atoms with Crippen LogP contribution in [0.25, 0.3) is 0 Å². The Bertz CT molecular complexity index is 1010. The van der Waals surface area contributed by atoms with Crippen LogP contribution in [0.15, 0.2) is 84.9 Å². The van der Waals surface area contributed by atoms with Crippen molar-refractivity contribution in [3.05, 3.63) is 95.5 Å². The molecular weight excluding hydrogens is 446 g/mol. The third-order valence-electron chi connectivity index (χ3n) is 5.99. The first-order chi connectivity index (χ1) is 16.7. The van der Waals surface area contributed by atoms with Gasteiger partial charge in [-0.3, -0.25) is 9.91 Å². The number of rotatable bonds is 9. The zero-order chi connectivity index (χ0) is 23.6. The average molecular weight is 478 g/mol. The summed E-state index contributed by atoms with van der Waals surface area (Å²) in [7, 11) is 0. The number of hydrogen-bond donors (Lipinski definition) is 2. The largest absolute Gasteiger partial charge is 0.369 e. The minimum atomic E-state index is -0.188. The monoisotopic (exact) mass is 477 g/mol. The van der Waals surface area contributed by atoms with Crippen LogP contribution in [-0.2, 0) is 6.54 Å². The van der Waals surface area contributed by atoms with Crippen molar-refractivity contribution in [2.45, 2.75) is 13.0 Å². The molecule has 0 bridgehead atoms. The molecule has 7 heteroatoms. The van der Waals surface area contributed by atoms with E-state index in [0.717, 1.165) is 55.4 Å². The maximum atomic E-state index is 12.6. The van der Waals surface area contributed by atoms with Crippen molar-refractivity contribution >= 4 is 29.0 Å². The maximum Gasteiger partial charge on any atom is 0.333 e. The summed E-state index contributed by atoms with van der Waals surface area (Å²) < 4.78 is 0. The number of carbonyl (C=O) groups is 1. The molecule has 0 unspecified atom stereocenters. The average Bonchev–Trinajstić information content (AvgIpc) is 2.88. The molecule has 0 saturated carbocycles. The second-order valence-corrected chi connectivity index (χ2v) is 8.87. The second kappa shape index (κ2) is 12.3. The minimum absolute atomic E-state index is 0.188. The van der Waals surface area contributed by atoms with E-state index in [1.54, 1.807) is 0 Å². The van der Waals surface area contributed by atoms with E-state index in [4.69, 9.17) is 11.6 Å². The molecule has 2 amide bonds. The van der Waals surface area contributed by atoms with Crippen molar-refractivity contribution < 1.29 is 4.79 Å². The van der Waals surface area contributed by atoms with Gasteiger partial charge >= 0.3 is 6.03 Å². The van der Waals surface area contributed by atoms with Gasteiger partial charge in [0, 0.05) is 43.4 Å². The molecule has 3 aromatic carbocycles. The van der Waals surface area contributed by atoms with Crippen LogP contribution in [0.3, 0.4) is 0 Å². The molecule has 1 saturated heterocycles. The van der Waals surface area contributed by atoms with Gasteiger partial charge in [0.25, 0.3) is 0 Å². The maximum absolute atomic E-state index is 12.6. The normalized spacial score (nSPS) is 14.0. The predicted molar refractivity (Wildman–Crippen MR) is 140 cm³/mol. The summed E-state index contributed by atoms with van der Waals surface area (Å²) in [5.74, 6) is 0. The number of urea groups is 1. The Hall–Kier alpha value is -3.22. The molecule has 3 aromatic rings. The summed E-state index contributed by atoms with van der Waals surface area (Å²) >= 11 is 6.00. The smallest absolute Gasteiger partial charge is 0.333 e. The summed E-state index contributed by atoms with van der Waals surface area (Å²) in [5, 5.41) is 5.65. The highest BCUT2D eigenvalue weighted by Gasteiger charge is 2.17. The zero-order valence-corrected chi connectivity index (χ0v) is 20.1. The van der Waals surface area contributed by atoms with Crippen molar-refractivity contribution in [2.75, 3.05) is 49.2 Å². The van der Waals surface area contributed by atoms with E-state index in [2.05, 4.69) is 44.8 Å². The molecule has 0 aliphatic carbocycles. The standard InChI is InChI=1S/C27H32ClN5O/c28-24-12-14-25(15-13-24)32-20-18-31(19-21-32)17-7-16-29-27(34)30-33(26-10-5-2-6-11-26)22-23-8-3-1-4-9-23/h1-6,8-15H,7,16-22H2,(H2,29,30,34). The van der Waals surface area contributed by atoms with Gasteiger partial charge in [-0.25, -0.2) is 10.2 Å². The van der Waals surface area contributed by atoms with Crippen LogP contribution in [-0.4, -0.2) is 50.2 Å². The van der Waals surface area contributed by atoms with Gasteiger partial charge in [-0.05, 0) is 54.9 Å².